The molecule has 10 heteroatoms. The monoisotopic (exact) mass is 505 g/mol. The summed E-state index contributed by atoms with van der Waals surface area (Å²) in [6.45, 7) is 18.8. The Hall–Kier alpha value is -2.36. The van der Waals surface area contributed by atoms with Crippen LogP contribution in [0, 0.1) is 0 Å². The molecule has 208 valence electrons. The van der Waals surface area contributed by atoms with Gasteiger partial charge < -0.3 is 30.6 Å². The van der Waals surface area contributed by atoms with Gasteiger partial charge in [-0.25, -0.2) is 14.4 Å². The Labute approximate surface area is 212 Å². The van der Waals surface area contributed by atoms with Crippen LogP contribution in [0.3, 0.4) is 0 Å². The van der Waals surface area contributed by atoms with Crippen molar-refractivity contribution >= 4 is 23.9 Å². The zero-order chi connectivity index (χ0) is 28.2. The molecule has 35 heavy (non-hydrogen) atoms. The summed E-state index contributed by atoms with van der Waals surface area (Å²) < 4.78 is 15.3. The molecule has 10 nitrogen and oxygen atoms in total. The second-order valence-electron chi connectivity index (χ2n) is 9.19. The van der Waals surface area contributed by atoms with Gasteiger partial charge in [0.15, 0.2) is 0 Å². The molecule has 0 rings (SSSR count). The summed E-state index contributed by atoms with van der Waals surface area (Å²) in [4.78, 5) is 48.9. The fourth-order valence-corrected chi connectivity index (χ4v) is 2.52. The number of urea groups is 1. The Morgan fingerprint density at radius 1 is 0.743 bits per heavy atom. The highest BCUT2D eigenvalue weighted by atomic mass is 16.6. The molecule has 2 unspecified atom stereocenters. The number of esters is 3. The topological polar surface area (TPSA) is 146 Å². The van der Waals surface area contributed by atoms with Crippen molar-refractivity contribution in [2.45, 2.75) is 125 Å². The van der Waals surface area contributed by atoms with Gasteiger partial charge in [-0.3, -0.25) is 4.79 Å². The molecule has 0 aliphatic carbocycles. The van der Waals surface area contributed by atoms with Crippen molar-refractivity contribution in [1.82, 2.24) is 10.6 Å². The van der Waals surface area contributed by atoms with Crippen molar-refractivity contribution in [3.8, 4) is 0 Å². The molecule has 2 atom stereocenters. The predicted octanol–water partition coefficient (Wildman–Crippen LogP) is 3.84. The van der Waals surface area contributed by atoms with Gasteiger partial charge in [0.1, 0.15) is 23.3 Å². The molecule has 0 spiro atoms. The number of nitrogens with two attached hydrogens (primary N) is 1. The SMILES string of the molecule is CC.CC.COC(=O)C(CCC(=O)OC(C)(C)C)NC(=O)NC(CCCCN)C(=O)OC(C)(C)C. The Kier molecular flexibility index (Phi) is 21.1. The molecule has 0 aromatic carbocycles. The number of hydrogen-bond acceptors (Lipinski definition) is 8. The number of hydrogen-bond donors (Lipinski definition) is 3. The third-order valence-corrected chi connectivity index (χ3v) is 3.79. The first-order valence-corrected chi connectivity index (χ1v) is 12.5. The normalized spacial score (nSPS) is 12.3. The maximum atomic E-state index is 12.5. The van der Waals surface area contributed by atoms with Crippen LogP contribution in [0.5, 0.6) is 0 Å². The highest BCUT2D eigenvalue weighted by Crippen LogP contribution is 2.13. The van der Waals surface area contributed by atoms with Gasteiger partial charge in [-0.15, -0.1) is 0 Å². The zero-order valence-electron chi connectivity index (χ0n) is 23.8. The highest BCUT2D eigenvalue weighted by Gasteiger charge is 2.29. The molecular weight excluding hydrogens is 454 g/mol. The Balaban J connectivity index is -0.00000242. The van der Waals surface area contributed by atoms with Crippen LogP contribution < -0.4 is 16.4 Å². The van der Waals surface area contributed by atoms with Crippen LogP contribution in [0.1, 0.15) is 101 Å². The van der Waals surface area contributed by atoms with E-state index in [4.69, 9.17) is 19.9 Å². The lowest BCUT2D eigenvalue weighted by molar-refractivity contribution is -0.157. The summed E-state index contributed by atoms with van der Waals surface area (Å²) in [6.07, 6.45) is 1.52. The Morgan fingerprint density at radius 2 is 1.20 bits per heavy atom. The van der Waals surface area contributed by atoms with Crippen molar-refractivity contribution in [3.63, 3.8) is 0 Å². The number of carbonyl (C=O) groups is 4. The van der Waals surface area contributed by atoms with Gasteiger partial charge in [0.2, 0.25) is 0 Å². The van der Waals surface area contributed by atoms with Gasteiger partial charge in [-0.1, -0.05) is 27.7 Å². The van der Waals surface area contributed by atoms with Gasteiger partial charge in [0, 0.05) is 6.42 Å². The lowest BCUT2D eigenvalue weighted by Crippen LogP contribution is -2.52. The molecule has 0 aromatic heterocycles. The summed E-state index contributed by atoms with van der Waals surface area (Å²) in [5, 5.41) is 5.00. The molecule has 0 aliphatic heterocycles. The molecule has 0 bridgehead atoms. The van der Waals surface area contributed by atoms with Gasteiger partial charge in [-0.05, 0) is 73.8 Å². The number of ether oxygens (including phenoxy) is 3. The van der Waals surface area contributed by atoms with Crippen molar-refractivity contribution in [2.75, 3.05) is 13.7 Å². The fourth-order valence-electron chi connectivity index (χ4n) is 2.52. The summed E-state index contributed by atoms with van der Waals surface area (Å²) >= 11 is 0. The summed E-state index contributed by atoms with van der Waals surface area (Å²) in [5.41, 5.74) is 4.12. The van der Waals surface area contributed by atoms with E-state index in [0.29, 0.717) is 25.8 Å². The largest absolute Gasteiger partial charge is 0.467 e. The molecule has 0 heterocycles. The average Bonchev–Trinajstić information content (AvgIpc) is 2.75. The molecule has 2 amide bonds. The van der Waals surface area contributed by atoms with Gasteiger partial charge in [0.05, 0.1) is 7.11 Å². The second kappa shape index (κ2) is 19.9. The van der Waals surface area contributed by atoms with E-state index in [1.165, 1.54) is 7.11 Å². The van der Waals surface area contributed by atoms with E-state index >= 15 is 0 Å². The van der Waals surface area contributed by atoms with Crippen LogP contribution >= 0.6 is 0 Å². The molecular formula is C25H51N3O7. The minimum absolute atomic E-state index is 0.0146. The zero-order valence-corrected chi connectivity index (χ0v) is 23.8. The standard InChI is InChI=1S/C21H39N3O7.2C2H6/c1-20(2,3)30-16(25)12-11-15(17(26)29-7)24-19(28)23-14(10-8-9-13-22)18(27)31-21(4,5)6;2*1-2/h14-15H,8-13,22H2,1-7H3,(H2,23,24,28);2*1-2H3. The van der Waals surface area contributed by atoms with Crippen LogP contribution in [0.4, 0.5) is 4.79 Å². The lowest BCUT2D eigenvalue weighted by Gasteiger charge is -2.25. The van der Waals surface area contributed by atoms with Crippen LogP contribution in [-0.4, -0.2) is 60.9 Å². The van der Waals surface area contributed by atoms with Crippen LogP contribution in [0.25, 0.3) is 0 Å². The highest BCUT2D eigenvalue weighted by molar-refractivity contribution is 5.87. The maximum absolute atomic E-state index is 12.5. The van der Waals surface area contributed by atoms with Crippen molar-refractivity contribution in [3.05, 3.63) is 0 Å². The third-order valence-electron chi connectivity index (χ3n) is 3.79. The van der Waals surface area contributed by atoms with E-state index in [2.05, 4.69) is 10.6 Å². The summed E-state index contributed by atoms with van der Waals surface area (Å²) in [6, 6.07) is -2.74. The maximum Gasteiger partial charge on any atom is 0.329 e. The fraction of sp³-hybridized carbons (Fsp3) is 0.840. The van der Waals surface area contributed by atoms with E-state index in [0.717, 1.165) is 0 Å². The van der Waals surface area contributed by atoms with Crippen LogP contribution in [-0.2, 0) is 28.6 Å². The molecule has 0 radical (unpaired) electrons. The minimum atomic E-state index is -1.08. The van der Waals surface area contributed by atoms with Gasteiger partial charge >= 0.3 is 23.9 Å². The third kappa shape index (κ3) is 21.9. The van der Waals surface area contributed by atoms with Gasteiger partial charge in [0.25, 0.3) is 0 Å². The molecule has 0 saturated carbocycles. The quantitative estimate of drug-likeness (QED) is 0.218. The molecule has 0 aromatic rings. The molecule has 4 N–H and O–H groups in total. The first kappa shape index (κ1) is 37.2. The summed E-state index contributed by atoms with van der Waals surface area (Å²) in [7, 11) is 1.18. The molecule has 0 aliphatic rings. The molecule has 0 saturated heterocycles. The summed E-state index contributed by atoms with van der Waals surface area (Å²) in [5.74, 6) is -1.80. The number of unbranched alkanes of at least 4 members (excludes halogenated alkanes) is 1. The first-order valence-electron chi connectivity index (χ1n) is 12.5. The smallest absolute Gasteiger partial charge is 0.329 e. The van der Waals surface area contributed by atoms with Crippen molar-refractivity contribution < 1.29 is 33.4 Å². The second-order valence-corrected chi connectivity index (χ2v) is 9.19. The van der Waals surface area contributed by atoms with E-state index in [1.54, 1.807) is 41.5 Å². The minimum Gasteiger partial charge on any atom is -0.467 e. The molecule has 0 fully saturated rings. The predicted molar refractivity (Wildman–Crippen MR) is 138 cm³/mol. The van der Waals surface area contributed by atoms with Crippen molar-refractivity contribution in [2.24, 2.45) is 5.73 Å². The average molecular weight is 506 g/mol. The Bertz CT molecular complexity index is 611. The van der Waals surface area contributed by atoms with E-state index in [1.807, 2.05) is 27.7 Å². The van der Waals surface area contributed by atoms with Crippen molar-refractivity contribution in [1.29, 1.82) is 0 Å². The van der Waals surface area contributed by atoms with Crippen LogP contribution in [0.2, 0.25) is 0 Å². The van der Waals surface area contributed by atoms with E-state index in [-0.39, 0.29) is 12.8 Å². The van der Waals surface area contributed by atoms with E-state index in [9.17, 15) is 19.2 Å². The number of carbonyl (C=O) groups excluding carboxylic acids is 4. The van der Waals surface area contributed by atoms with E-state index < -0.39 is 47.2 Å². The Morgan fingerprint density at radius 3 is 1.60 bits per heavy atom. The number of methoxy groups -OCH3 is 1. The number of nitrogens with one attached hydrogen (secondary N) is 2. The number of rotatable bonds is 11. The van der Waals surface area contributed by atoms with Crippen LogP contribution in [0.15, 0.2) is 0 Å². The first-order chi connectivity index (χ1) is 16.2. The number of amides is 2. The lowest BCUT2D eigenvalue weighted by atomic mass is 10.1. The van der Waals surface area contributed by atoms with Gasteiger partial charge in [-0.2, -0.15) is 0 Å².